The van der Waals surface area contributed by atoms with Gasteiger partial charge in [0.1, 0.15) is 6.61 Å². The van der Waals surface area contributed by atoms with Gasteiger partial charge in [0.05, 0.1) is 18.1 Å². The summed E-state index contributed by atoms with van der Waals surface area (Å²) in [4.78, 5) is 11.6. The van der Waals surface area contributed by atoms with Crippen molar-refractivity contribution in [2.75, 3.05) is 20.2 Å². The van der Waals surface area contributed by atoms with Gasteiger partial charge in [-0.3, -0.25) is 4.79 Å². The number of ether oxygens (including phenoxy) is 2. The smallest absolute Gasteiger partial charge is 0.311 e. The minimum Gasteiger partial charge on any atom is -0.464 e. The van der Waals surface area contributed by atoms with E-state index >= 15 is 0 Å². The molecular formula is C10H17NO3. The summed E-state index contributed by atoms with van der Waals surface area (Å²) < 4.78 is 10.7. The molecule has 2 fully saturated rings. The zero-order chi connectivity index (χ0) is 9.97. The number of likely N-dealkylation sites (N-methyl/N-ethyl adjacent to an activating group) is 1. The molecule has 3 unspecified atom stereocenters. The summed E-state index contributed by atoms with van der Waals surface area (Å²) >= 11 is 0. The molecule has 2 aliphatic rings. The summed E-state index contributed by atoms with van der Waals surface area (Å²) in [7, 11) is 1.84. The lowest BCUT2D eigenvalue weighted by atomic mass is 9.89. The van der Waals surface area contributed by atoms with Crippen LogP contribution in [0, 0.1) is 5.92 Å². The highest BCUT2D eigenvalue weighted by Gasteiger charge is 2.45. The molecule has 3 atom stereocenters. The average molecular weight is 199 g/mol. The van der Waals surface area contributed by atoms with Crippen LogP contribution in [0.25, 0.3) is 0 Å². The highest BCUT2D eigenvalue weighted by Crippen LogP contribution is 2.39. The fourth-order valence-corrected chi connectivity index (χ4v) is 2.25. The van der Waals surface area contributed by atoms with Crippen molar-refractivity contribution < 1.29 is 14.3 Å². The molecule has 2 aliphatic heterocycles. The number of fused-ring (bicyclic) bond motifs is 2. The van der Waals surface area contributed by atoms with Crippen LogP contribution in [0.15, 0.2) is 0 Å². The van der Waals surface area contributed by atoms with Crippen LogP contribution >= 0.6 is 0 Å². The molecule has 0 spiro atoms. The van der Waals surface area contributed by atoms with E-state index < -0.39 is 0 Å². The second-order valence-electron chi connectivity index (χ2n) is 3.99. The van der Waals surface area contributed by atoms with Gasteiger partial charge in [0.15, 0.2) is 0 Å². The highest BCUT2D eigenvalue weighted by molar-refractivity contribution is 5.73. The summed E-state index contributed by atoms with van der Waals surface area (Å²) in [5, 5.41) is 2.94. The Bertz CT molecular complexity index is 219. The minimum atomic E-state index is -0.0764. The van der Waals surface area contributed by atoms with Gasteiger partial charge in [0.2, 0.25) is 0 Å². The Morgan fingerprint density at radius 3 is 3.00 bits per heavy atom. The van der Waals surface area contributed by atoms with Crippen molar-refractivity contribution in [1.29, 1.82) is 0 Å². The fraction of sp³-hybridized carbons (Fsp3) is 0.900. The molecule has 4 heteroatoms. The standard InChI is InChI=1S/C10H17NO3/c1-11-4-5-13-10(12)8-6-7-2-3-9(8)14-7/h7-9,11H,2-6H2,1H3. The largest absolute Gasteiger partial charge is 0.464 e. The van der Waals surface area contributed by atoms with E-state index in [4.69, 9.17) is 9.47 Å². The lowest BCUT2D eigenvalue weighted by Crippen LogP contribution is -2.29. The summed E-state index contributed by atoms with van der Waals surface area (Å²) in [6, 6.07) is 0. The molecule has 2 saturated heterocycles. The zero-order valence-electron chi connectivity index (χ0n) is 8.49. The first-order valence-corrected chi connectivity index (χ1v) is 5.28. The minimum absolute atomic E-state index is 0.00519. The van der Waals surface area contributed by atoms with Crippen molar-refractivity contribution >= 4 is 5.97 Å². The van der Waals surface area contributed by atoms with E-state index in [2.05, 4.69) is 5.32 Å². The maximum Gasteiger partial charge on any atom is 0.311 e. The van der Waals surface area contributed by atoms with E-state index in [1.54, 1.807) is 0 Å². The summed E-state index contributed by atoms with van der Waals surface area (Å²) in [5.74, 6) is -0.0712. The molecule has 0 saturated carbocycles. The third-order valence-corrected chi connectivity index (χ3v) is 3.01. The number of esters is 1. The van der Waals surface area contributed by atoms with Crippen LogP contribution < -0.4 is 5.32 Å². The van der Waals surface area contributed by atoms with Gasteiger partial charge in [-0.15, -0.1) is 0 Å². The molecule has 4 nitrogen and oxygen atoms in total. The third-order valence-electron chi connectivity index (χ3n) is 3.01. The van der Waals surface area contributed by atoms with E-state index in [1.165, 1.54) is 0 Å². The molecule has 14 heavy (non-hydrogen) atoms. The van der Waals surface area contributed by atoms with E-state index in [1.807, 2.05) is 7.05 Å². The van der Waals surface area contributed by atoms with Gasteiger partial charge < -0.3 is 14.8 Å². The quantitative estimate of drug-likeness (QED) is 0.523. The first-order valence-electron chi connectivity index (χ1n) is 5.28. The molecular weight excluding hydrogens is 182 g/mol. The molecule has 1 N–H and O–H groups in total. The van der Waals surface area contributed by atoms with Crippen molar-refractivity contribution in [2.45, 2.75) is 31.5 Å². The Balaban J connectivity index is 1.75. The van der Waals surface area contributed by atoms with Gasteiger partial charge in [-0.05, 0) is 26.3 Å². The maximum absolute atomic E-state index is 11.6. The number of carbonyl (C=O) groups excluding carboxylic acids is 1. The third kappa shape index (κ3) is 1.91. The van der Waals surface area contributed by atoms with Gasteiger partial charge in [-0.1, -0.05) is 0 Å². The Labute approximate surface area is 84.0 Å². The SMILES string of the molecule is CNCCOC(=O)C1CC2CCC1O2. The maximum atomic E-state index is 11.6. The van der Waals surface area contributed by atoms with Crippen LogP contribution in [0.5, 0.6) is 0 Å². The van der Waals surface area contributed by atoms with Crippen molar-refractivity contribution in [3.05, 3.63) is 0 Å². The van der Waals surface area contributed by atoms with Crippen LogP contribution in [-0.4, -0.2) is 38.4 Å². The van der Waals surface area contributed by atoms with Crippen LogP contribution in [0.3, 0.4) is 0 Å². The van der Waals surface area contributed by atoms with Crippen LogP contribution in [0.1, 0.15) is 19.3 Å². The number of nitrogens with one attached hydrogen (secondary N) is 1. The van der Waals surface area contributed by atoms with E-state index in [0.29, 0.717) is 19.3 Å². The molecule has 0 aromatic carbocycles. The molecule has 2 rings (SSSR count). The number of hydrogen-bond acceptors (Lipinski definition) is 4. The molecule has 0 aromatic rings. The second kappa shape index (κ2) is 4.28. The normalized spacial score (nSPS) is 34.8. The molecule has 80 valence electrons. The summed E-state index contributed by atoms with van der Waals surface area (Å²) in [6.45, 7) is 1.18. The van der Waals surface area contributed by atoms with Crippen LogP contribution in [-0.2, 0) is 14.3 Å². The molecule has 2 bridgehead atoms. The van der Waals surface area contributed by atoms with E-state index in [-0.39, 0.29) is 18.0 Å². The first-order chi connectivity index (χ1) is 6.81. The molecule has 0 amide bonds. The summed E-state index contributed by atoms with van der Waals surface area (Å²) in [6.07, 6.45) is 3.47. The van der Waals surface area contributed by atoms with Gasteiger partial charge in [-0.25, -0.2) is 0 Å². The zero-order valence-corrected chi connectivity index (χ0v) is 8.49. The predicted molar refractivity (Wildman–Crippen MR) is 50.9 cm³/mol. The van der Waals surface area contributed by atoms with E-state index in [0.717, 1.165) is 19.3 Å². The lowest BCUT2D eigenvalue weighted by molar-refractivity contribution is -0.150. The Kier molecular flexibility index (Phi) is 3.03. The lowest BCUT2D eigenvalue weighted by Gasteiger charge is -2.16. The van der Waals surface area contributed by atoms with Gasteiger partial charge in [0, 0.05) is 6.54 Å². The Hall–Kier alpha value is -0.610. The fourth-order valence-electron chi connectivity index (χ4n) is 2.25. The van der Waals surface area contributed by atoms with Gasteiger partial charge in [0.25, 0.3) is 0 Å². The highest BCUT2D eigenvalue weighted by atomic mass is 16.5. The second-order valence-corrected chi connectivity index (χ2v) is 3.99. The topological polar surface area (TPSA) is 47.6 Å². The Morgan fingerprint density at radius 2 is 2.43 bits per heavy atom. The molecule has 0 aromatic heterocycles. The summed E-state index contributed by atoms with van der Waals surface area (Å²) in [5.41, 5.74) is 0. The van der Waals surface area contributed by atoms with Crippen molar-refractivity contribution in [1.82, 2.24) is 5.32 Å². The van der Waals surface area contributed by atoms with Crippen molar-refractivity contribution in [2.24, 2.45) is 5.92 Å². The molecule has 0 radical (unpaired) electrons. The predicted octanol–water partition coefficient (Wildman–Crippen LogP) is 0.316. The van der Waals surface area contributed by atoms with Crippen LogP contribution in [0.4, 0.5) is 0 Å². The van der Waals surface area contributed by atoms with Gasteiger partial charge >= 0.3 is 5.97 Å². The molecule has 2 heterocycles. The van der Waals surface area contributed by atoms with Crippen molar-refractivity contribution in [3.8, 4) is 0 Å². The monoisotopic (exact) mass is 199 g/mol. The number of carbonyl (C=O) groups is 1. The van der Waals surface area contributed by atoms with Crippen molar-refractivity contribution in [3.63, 3.8) is 0 Å². The first kappa shape index (κ1) is 9.93. The van der Waals surface area contributed by atoms with E-state index in [9.17, 15) is 4.79 Å². The average Bonchev–Trinajstić information content (AvgIpc) is 2.79. The van der Waals surface area contributed by atoms with Crippen LogP contribution in [0.2, 0.25) is 0 Å². The van der Waals surface area contributed by atoms with Gasteiger partial charge in [-0.2, -0.15) is 0 Å². The Morgan fingerprint density at radius 1 is 1.57 bits per heavy atom. The molecule has 0 aliphatic carbocycles. The number of hydrogen-bond donors (Lipinski definition) is 1. The number of rotatable bonds is 4.